The first-order chi connectivity index (χ1) is 9.31. The van der Waals surface area contributed by atoms with Gasteiger partial charge in [0.25, 0.3) is 0 Å². The lowest BCUT2D eigenvalue weighted by molar-refractivity contribution is -0.527. The summed E-state index contributed by atoms with van der Waals surface area (Å²) in [5, 5.41) is 14.5. The summed E-state index contributed by atoms with van der Waals surface area (Å²) in [5.41, 5.74) is 0. The molecule has 0 radical (unpaired) electrons. The molecule has 0 aromatic heterocycles. The van der Waals surface area contributed by atoms with Crippen LogP contribution in [0, 0.1) is 10.1 Å². The van der Waals surface area contributed by atoms with Gasteiger partial charge in [-0.2, -0.15) is 0 Å². The molecule has 0 aliphatic heterocycles. The fourth-order valence-electron chi connectivity index (χ4n) is 2.23. The number of nitrogens with zero attached hydrogens (tertiary/aromatic N) is 1. The van der Waals surface area contributed by atoms with Crippen molar-refractivity contribution in [3.05, 3.63) is 10.1 Å². The van der Waals surface area contributed by atoms with Crippen LogP contribution in [0.2, 0.25) is 19.6 Å². The van der Waals surface area contributed by atoms with E-state index in [1.807, 2.05) is 6.92 Å². The highest BCUT2D eigenvalue weighted by molar-refractivity contribution is 6.69. The van der Waals surface area contributed by atoms with Crippen molar-refractivity contribution in [2.24, 2.45) is 0 Å². The van der Waals surface area contributed by atoms with Crippen LogP contribution < -0.4 is 5.32 Å². The van der Waals surface area contributed by atoms with Gasteiger partial charge in [-0.15, -0.1) is 0 Å². The zero-order valence-electron chi connectivity index (χ0n) is 13.8. The average molecular weight is 305 g/mol. The Morgan fingerprint density at radius 2 is 1.90 bits per heavy atom. The van der Waals surface area contributed by atoms with Crippen molar-refractivity contribution in [2.75, 3.05) is 13.2 Å². The maximum atomic E-state index is 11.1. The van der Waals surface area contributed by atoms with E-state index >= 15 is 0 Å². The van der Waals surface area contributed by atoms with Crippen LogP contribution in [0.1, 0.15) is 46.0 Å². The second-order valence-electron chi connectivity index (χ2n) is 6.28. The number of rotatable bonds is 12. The van der Waals surface area contributed by atoms with E-state index in [0.717, 1.165) is 25.7 Å². The normalized spacial score (nSPS) is 15.1. The molecule has 0 saturated carbocycles. The first-order valence-electron chi connectivity index (χ1n) is 7.82. The minimum absolute atomic E-state index is 0.0354. The molecular weight excluding hydrogens is 272 g/mol. The second kappa shape index (κ2) is 10.3. The summed E-state index contributed by atoms with van der Waals surface area (Å²) < 4.78 is 5.79. The molecule has 1 N–H and O–H groups in total. The van der Waals surface area contributed by atoms with E-state index in [4.69, 9.17) is 4.43 Å². The maximum Gasteiger partial charge on any atom is 0.227 e. The van der Waals surface area contributed by atoms with Crippen molar-refractivity contribution in [3.8, 4) is 0 Å². The third-order valence-electron chi connectivity index (χ3n) is 3.32. The highest BCUT2D eigenvalue weighted by atomic mass is 28.4. The predicted molar refractivity (Wildman–Crippen MR) is 86.3 cm³/mol. The van der Waals surface area contributed by atoms with Crippen LogP contribution >= 0.6 is 0 Å². The van der Waals surface area contributed by atoms with Gasteiger partial charge in [-0.05, 0) is 26.1 Å². The Hall–Kier alpha value is -0.463. The largest absolute Gasteiger partial charge is 0.416 e. The van der Waals surface area contributed by atoms with E-state index in [0.29, 0.717) is 19.6 Å². The lowest BCUT2D eigenvalue weighted by atomic mass is 9.99. The Labute approximate surface area is 124 Å². The Bertz CT molecular complexity index is 270. The van der Waals surface area contributed by atoms with E-state index in [1.54, 1.807) is 0 Å². The van der Waals surface area contributed by atoms with E-state index in [-0.39, 0.29) is 11.0 Å². The molecule has 0 unspecified atom stereocenters. The molecule has 6 heteroatoms. The van der Waals surface area contributed by atoms with Gasteiger partial charge in [0.2, 0.25) is 6.04 Å². The van der Waals surface area contributed by atoms with E-state index < -0.39 is 14.4 Å². The zero-order chi connectivity index (χ0) is 15.6. The second-order valence-corrected chi connectivity index (χ2v) is 10.8. The Kier molecular flexibility index (Phi) is 10.1. The smallest absolute Gasteiger partial charge is 0.227 e. The van der Waals surface area contributed by atoms with Gasteiger partial charge in [-0.1, -0.05) is 33.1 Å². The van der Waals surface area contributed by atoms with E-state index in [1.165, 1.54) is 0 Å². The molecule has 20 heavy (non-hydrogen) atoms. The van der Waals surface area contributed by atoms with Gasteiger partial charge in [0.05, 0.1) is 6.04 Å². The van der Waals surface area contributed by atoms with Gasteiger partial charge in [-0.3, -0.25) is 10.1 Å². The lowest BCUT2D eigenvalue weighted by Gasteiger charge is -2.23. The van der Waals surface area contributed by atoms with E-state index in [2.05, 4.69) is 31.9 Å². The number of nitro groups is 1. The van der Waals surface area contributed by atoms with E-state index in [9.17, 15) is 10.1 Å². The summed E-state index contributed by atoms with van der Waals surface area (Å²) >= 11 is 0. The summed E-state index contributed by atoms with van der Waals surface area (Å²) in [6.45, 7) is 11.8. The molecule has 120 valence electrons. The predicted octanol–water partition coefficient (Wildman–Crippen LogP) is 3.43. The fraction of sp³-hybridized carbons (Fsp3) is 1.00. The third-order valence-corrected chi connectivity index (χ3v) is 4.39. The number of hydrogen-bond donors (Lipinski definition) is 1. The summed E-state index contributed by atoms with van der Waals surface area (Å²) in [6.07, 6.45) is 4.78. The van der Waals surface area contributed by atoms with Gasteiger partial charge in [0, 0.05) is 24.5 Å². The lowest BCUT2D eigenvalue weighted by Crippen LogP contribution is -2.45. The highest BCUT2D eigenvalue weighted by Gasteiger charge is 2.28. The van der Waals surface area contributed by atoms with Crippen LogP contribution in [-0.2, 0) is 4.43 Å². The van der Waals surface area contributed by atoms with Crippen LogP contribution in [-0.4, -0.2) is 38.5 Å². The van der Waals surface area contributed by atoms with Crippen LogP contribution in [0.5, 0.6) is 0 Å². The summed E-state index contributed by atoms with van der Waals surface area (Å²) in [4.78, 5) is 11.0. The maximum absolute atomic E-state index is 11.1. The van der Waals surface area contributed by atoms with Gasteiger partial charge in [0.1, 0.15) is 0 Å². The van der Waals surface area contributed by atoms with Crippen molar-refractivity contribution in [2.45, 2.75) is 77.7 Å². The van der Waals surface area contributed by atoms with Gasteiger partial charge >= 0.3 is 0 Å². The topological polar surface area (TPSA) is 64.4 Å². The molecule has 0 bridgehead atoms. The van der Waals surface area contributed by atoms with Gasteiger partial charge < -0.3 is 9.74 Å². The molecule has 0 aliphatic carbocycles. The van der Waals surface area contributed by atoms with Crippen molar-refractivity contribution >= 4 is 8.32 Å². The zero-order valence-corrected chi connectivity index (χ0v) is 14.8. The monoisotopic (exact) mass is 304 g/mol. The van der Waals surface area contributed by atoms with Gasteiger partial charge in [-0.25, -0.2) is 0 Å². The number of unbranched alkanes of at least 4 members (excludes halogenated alkanes) is 2. The molecule has 0 aromatic rings. The molecule has 0 rings (SSSR count). The Balaban J connectivity index is 4.26. The Morgan fingerprint density at radius 1 is 1.25 bits per heavy atom. The molecule has 0 fully saturated rings. The molecule has 0 aliphatic rings. The standard InChI is InChI=1S/C14H32N2O3Si/c1-6-8-9-10-13(14(7-2)16(17)18)15-11-12-19-20(3,4)5/h13-15H,6-12H2,1-5H3/t13-,14+/m1/s1. The minimum Gasteiger partial charge on any atom is -0.416 e. The van der Waals surface area contributed by atoms with Crippen molar-refractivity contribution in [3.63, 3.8) is 0 Å². The Morgan fingerprint density at radius 3 is 2.35 bits per heavy atom. The van der Waals surface area contributed by atoms with Crippen LogP contribution in [0.3, 0.4) is 0 Å². The molecule has 0 spiro atoms. The molecule has 2 atom stereocenters. The number of hydrogen-bond acceptors (Lipinski definition) is 4. The molecular formula is C14H32N2O3Si. The molecule has 0 heterocycles. The SMILES string of the molecule is CCCCC[C@@H](NCCO[Si](C)(C)C)[C@H](CC)[N+](=O)[O-]. The quantitative estimate of drug-likeness (QED) is 0.260. The first-order valence-corrected chi connectivity index (χ1v) is 11.2. The highest BCUT2D eigenvalue weighted by Crippen LogP contribution is 2.12. The molecule has 0 saturated heterocycles. The van der Waals surface area contributed by atoms with Crippen molar-refractivity contribution < 1.29 is 9.35 Å². The third kappa shape index (κ3) is 9.44. The van der Waals surface area contributed by atoms with Gasteiger partial charge in [0.15, 0.2) is 8.32 Å². The minimum atomic E-state index is -1.49. The molecule has 0 aromatic carbocycles. The summed E-state index contributed by atoms with van der Waals surface area (Å²) in [7, 11) is -1.49. The number of nitrogens with one attached hydrogen (secondary N) is 1. The summed E-state index contributed by atoms with van der Waals surface area (Å²) in [6, 6.07) is -0.523. The van der Waals surface area contributed by atoms with Crippen molar-refractivity contribution in [1.82, 2.24) is 5.32 Å². The first kappa shape index (κ1) is 19.5. The van der Waals surface area contributed by atoms with Crippen LogP contribution in [0.25, 0.3) is 0 Å². The van der Waals surface area contributed by atoms with Crippen LogP contribution in [0.15, 0.2) is 0 Å². The fourth-order valence-corrected chi connectivity index (χ4v) is 2.94. The summed E-state index contributed by atoms with van der Waals surface area (Å²) in [5.74, 6) is 0. The molecule has 5 nitrogen and oxygen atoms in total. The van der Waals surface area contributed by atoms with Crippen LogP contribution in [0.4, 0.5) is 0 Å². The molecule has 0 amide bonds. The average Bonchev–Trinajstić information content (AvgIpc) is 2.33. The van der Waals surface area contributed by atoms with Crippen molar-refractivity contribution in [1.29, 1.82) is 0 Å².